The zero-order valence-corrected chi connectivity index (χ0v) is 11.9. The van der Waals surface area contributed by atoms with Crippen molar-refractivity contribution in [2.24, 2.45) is 0 Å². The second-order valence-electron chi connectivity index (χ2n) is 5.50. The van der Waals surface area contributed by atoms with E-state index in [0.717, 1.165) is 5.56 Å². The topological polar surface area (TPSA) is 59.0 Å². The number of ether oxygens (including phenoxy) is 2. The predicted octanol–water partition coefficient (Wildman–Crippen LogP) is 1.79. The maximum Gasteiger partial charge on any atom is 0.410 e. The van der Waals surface area contributed by atoms with E-state index in [4.69, 9.17) is 9.47 Å². The van der Waals surface area contributed by atoms with Crippen LogP contribution < -0.4 is 0 Å². The molecule has 0 aliphatic carbocycles. The third-order valence-corrected chi connectivity index (χ3v) is 3.32. The number of hydrogen-bond donors (Lipinski definition) is 1. The summed E-state index contributed by atoms with van der Waals surface area (Å²) >= 11 is 0. The van der Waals surface area contributed by atoms with Gasteiger partial charge in [0, 0.05) is 6.54 Å². The molecule has 1 aliphatic heterocycles. The summed E-state index contributed by atoms with van der Waals surface area (Å²) in [7, 11) is 0. The van der Waals surface area contributed by atoms with E-state index in [9.17, 15) is 9.90 Å². The van der Waals surface area contributed by atoms with Gasteiger partial charge in [0.15, 0.2) is 0 Å². The Balaban J connectivity index is 1.86. The Morgan fingerprint density at radius 3 is 2.80 bits per heavy atom. The van der Waals surface area contributed by atoms with Crippen molar-refractivity contribution in [1.82, 2.24) is 4.90 Å². The van der Waals surface area contributed by atoms with Gasteiger partial charge in [-0.05, 0) is 19.4 Å². The Kier molecular flexibility index (Phi) is 4.62. The van der Waals surface area contributed by atoms with Crippen molar-refractivity contribution in [3.63, 3.8) is 0 Å². The molecule has 0 saturated carbocycles. The highest BCUT2D eigenvalue weighted by Gasteiger charge is 2.34. The van der Waals surface area contributed by atoms with Gasteiger partial charge < -0.3 is 19.5 Å². The minimum atomic E-state index is -0.974. The Morgan fingerprint density at radius 2 is 2.15 bits per heavy atom. The average molecular weight is 279 g/mol. The molecule has 0 radical (unpaired) electrons. The molecule has 2 rings (SSSR count). The quantitative estimate of drug-likeness (QED) is 0.916. The summed E-state index contributed by atoms with van der Waals surface area (Å²) in [5.74, 6) is 0. The van der Waals surface area contributed by atoms with Crippen LogP contribution in [0.5, 0.6) is 0 Å². The van der Waals surface area contributed by atoms with E-state index in [1.165, 1.54) is 0 Å². The second-order valence-corrected chi connectivity index (χ2v) is 5.50. The van der Waals surface area contributed by atoms with Gasteiger partial charge in [0.2, 0.25) is 0 Å². The maximum atomic E-state index is 12.0. The number of benzene rings is 1. The summed E-state index contributed by atoms with van der Waals surface area (Å²) < 4.78 is 10.8. The molecular weight excluding hydrogens is 258 g/mol. The first kappa shape index (κ1) is 14.8. The van der Waals surface area contributed by atoms with Crippen LogP contribution >= 0.6 is 0 Å². The van der Waals surface area contributed by atoms with Crippen LogP contribution in [0.2, 0.25) is 0 Å². The summed E-state index contributed by atoms with van der Waals surface area (Å²) in [5.41, 5.74) is -0.0218. The molecule has 1 aromatic carbocycles. The number of morpholine rings is 1. The van der Waals surface area contributed by atoms with Crippen molar-refractivity contribution in [1.29, 1.82) is 0 Å². The molecule has 1 heterocycles. The standard InChI is InChI=1S/C15H21NO4/c1-15(2,18)13-10-16(8-9-19-13)14(17)20-11-12-6-4-3-5-7-12/h3-7,13,18H,8-11H2,1-2H3. The third kappa shape index (κ3) is 3.95. The van der Waals surface area contributed by atoms with E-state index in [1.807, 2.05) is 30.3 Å². The number of carbonyl (C=O) groups excluding carboxylic acids is 1. The molecule has 1 fully saturated rings. The zero-order valence-electron chi connectivity index (χ0n) is 11.9. The first-order chi connectivity index (χ1) is 9.47. The summed E-state index contributed by atoms with van der Waals surface area (Å²) in [6, 6.07) is 9.55. The van der Waals surface area contributed by atoms with Crippen molar-refractivity contribution in [3.8, 4) is 0 Å². The van der Waals surface area contributed by atoms with Crippen LogP contribution in [0, 0.1) is 0 Å². The molecule has 1 saturated heterocycles. The third-order valence-electron chi connectivity index (χ3n) is 3.32. The molecule has 20 heavy (non-hydrogen) atoms. The van der Waals surface area contributed by atoms with Gasteiger partial charge >= 0.3 is 6.09 Å². The van der Waals surface area contributed by atoms with E-state index in [-0.39, 0.29) is 18.8 Å². The Labute approximate surface area is 119 Å². The molecule has 0 spiro atoms. The molecule has 1 aromatic rings. The van der Waals surface area contributed by atoms with Crippen LogP contribution in [0.25, 0.3) is 0 Å². The van der Waals surface area contributed by atoms with Gasteiger partial charge in [0.05, 0.1) is 18.8 Å². The lowest BCUT2D eigenvalue weighted by Crippen LogP contribution is -2.53. The van der Waals surface area contributed by atoms with E-state index in [2.05, 4.69) is 0 Å². The first-order valence-corrected chi connectivity index (χ1v) is 6.76. The van der Waals surface area contributed by atoms with E-state index >= 15 is 0 Å². The van der Waals surface area contributed by atoms with Gasteiger partial charge in [-0.25, -0.2) is 4.79 Å². The predicted molar refractivity (Wildman–Crippen MR) is 74.2 cm³/mol. The highest BCUT2D eigenvalue weighted by atomic mass is 16.6. The largest absolute Gasteiger partial charge is 0.445 e. The first-order valence-electron chi connectivity index (χ1n) is 6.76. The lowest BCUT2D eigenvalue weighted by molar-refractivity contribution is -0.123. The SMILES string of the molecule is CC(C)(O)C1CN(C(=O)OCc2ccccc2)CCO1. The van der Waals surface area contributed by atoms with Gasteiger partial charge in [-0.3, -0.25) is 0 Å². The van der Waals surface area contributed by atoms with Gasteiger partial charge in [0.25, 0.3) is 0 Å². The molecule has 5 nitrogen and oxygen atoms in total. The molecule has 1 atom stereocenters. The minimum Gasteiger partial charge on any atom is -0.445 e. The molecule has 1 N–H and O–H groups in total. The van der Waals surface area contributed by atoms with Crippen LogP contribution in [0.3, 0.4) is 0 Å². The van der Waals surface area contributed by atoms with Crippen molar-refractivity contribution in [2.75, 3.05) is 19.7 Å². The van der Waals surface area contributed by atoms with Crippen LogP contribution in [0.15, 0.2) is 30.3 Å². The lowest BCUT2D eigenvalue weighted by atomic mass is 10.0. The average Bonchev–Trinajstić information content (AvgIpc) is 2.45. The fourth-order valence-corrected chi connectivity index (χ4v) is 2.05. The Morgan fingerprint density at radius 1 is 1.45 bits per heavy atom. The number of amides is 1. The monoisotopic (exact) mass is 279 g/mol. The number of aliphatic hydroxyl groups is 1. The summed E-state index contributed by atoms with van der Waals surface area (Å²) in [4.78, 5) is 13.6. The van der Waals surface area contributed by atoms with Gasteiger partial charge in [0.1, 0.15) is 12.7 Å². The normalized spacial score (nSPS) is 19.8. The van der Waals surface area contributed by atoms with Crippen LogP contribution in [-0.2, 0) is 16.1 Å². The Bertz CT molecular complexity index is 441. The molecule has 0 bridgehead atoms. The van der Waals surface area contributed by atoms with Crippen molar-refractivity contribution in [2.45, 2.75) is 32.2 Å². The van der Waals surface area contributed by atoms with Crippen LogP contribution in [0.4, 0.5) is 4.79 Å². The van der Waals surface area contributed by atoms with Crippen LogP contribution in [-0.4, -0.2) is 47.5 Å². The van der Waals surface area contributed by atoms with Gasteiger partial charge in [-0.1, -0.05) is 30.3 Å². The van der Waals surface area contributed by atoms with Crippen molar-refractivity contribution in [3.05, 3.63) is 35.9 Å². The molecule has 110 valence electrons. The van der Waals surface area contributed by atoms with E-state index in [0.29, 0.717) is 19.7 Å². The lowest BCUT2D eigenvalue weighted by Gasteiger charge is -2.37. The van der Waals surface area contributed by atoms with Crippen LogP contribution in [0.1, 0.15) is 19.4 Å². The summed E-state index contributed by atoms with van der Waals surface area (Å²) in [6.45, 7) is 4.85. The van der Waals surface area contributed by atoms with E-state index < -0.39 is 5.60 Å². The summed E-state index contributed by atoms with van der Waals surface area (Å²) in [6.07, 6.45) is -0.757. The number of hydrogen-bond acceptors (Lipinski definition) is 4. The fourth-order valence-electron chi connectivity index (χ4n) is 2.05. The smallest absolute Gasteiger partial charge is 0.410 e. The van der Waals surface area contributed by atoms with Gasteiger partial charge in [-0.15, -0.1) is 0 Å². The second kappa shape index (κ2) is 6.24. The molecule has 1 unspecified atom stereocenters. The number of carbonyl (C=O) groups is 1. The minimum absolute atomic E-state index is 0.254. The molecule has 1 aliphatic rings. The highest BCUT2D eigenvalue weighted by molar-refractivity contribution is 5.67. The van der Waals surface area contributed by atoms with Crippen molar-refractivity contribution < 1.29 is 19.4 Å². The molecule has 0 aromatic heterocycles. The maximum absolute atomic E-state index is 12.0. The Hall–Kier alpha value is -1.59. The van der Waals surface area contributed by atoms with Crippen molar-refractivity contribution >= 4 is 6.09 Å². The number of rotatable bonds is 3. The fraction of sp³-hybridized carbons (Fsp3) is 0.533. The number of nitrogens with zero attached hydrogens (tertiary/aromatic N) is 1. The molecule has 5 heteroatoms. The van der Waals surface area contributed by atoms with E-state index in [1.54, 1.807) is 18.7 Å². The summed E-state index contributed by atoms with van der Waals surface area (Å²) in [5, 5.41) is 9.95. The van der Waals surface area contributed by atoms with Gasteiger partial charge in [-0.2, -0.15) is 0 Å². The molecule has 1 amide bonds. The highest BCUT2D eigenvalue weighted by Crippen LogP contribution is 2.18. The zero-order chi connectivity index (χ0) is 14.6. The molecular formula is C15H21NO4.